The Morgan fingerprint density at radius 2 is 1.85 bits per heavy atom. The van der Waals surface area contributed by atoms with E-state index in [0.29, 0.717) is 42.3 Å². The molecule has 0 aliphatic carbocycles. The second-order valence-electron chi connectivity index (χ2n) is 8.12. The van der Waals surface area contributed by atoms with Crippen LogP contribution in [0.5, 0.6) is 5.75 Å². The van der Waals surface area contributed by atoms with Crippen molar-refractivity contribution < 1.29 is 22.7 Å². The van der Waals surface area contributed by atoms with Crippen LogP contribution < -0.4 is 15.0 Å². The number of carbonyl (C=O) groups is 2. The van der Waals surface area contributed by atoms with Crippen LogP contribution in [-0.2, 0) is 14.8 Å². The third-order valence-corrected chi connectivity index (χ3v) is 7.72. The van der Waals surface area contributed by atoms with Gasteiger partial charge < -0.3 is 15.0 Å². The van der Waals surface area contributed by atoms with Crippen LogP contribution in [0.2, 0.25) is 0 Å². The van der Waals surface area contributed by atoms with E-state index in [2.05, 4.69) is 11.9 Å². The zero-order valence-corrected chi connectivity index (χ0v) is 19.3. The average Bonchev–Trinajstić information content (AvgIpc) is 2.83. The molecule has 9 heteroatoms. The Morgan fingerprint density at radius 3 is 2.52 bits per heavy atom. The number of amides is 2. The van der Waals surface area contributed by atoms with Crippen LogP contribution in [0, 0.1) is 0 Å². The summed E-state index contributed by atoms with van der Waals surface area (Å²) in [5.41, 5.74) is 1.37. The molecule has 33 heavy (non-hydrogen) atoms. The minimum Gasteiger partial charge on any atom is -0.479 e. The number of piperidine rings is 1. The molecule has 0 aromatic heterocycles. The predicted molar refractivity (Wildman–Crippen MR) is 126 cm³/mol. The summed E-state index contributed by atoms with van der Waals surface area (Å²) in [6.45, 7) is 6.76. The van der Waals surface area contributed by atoms with Crippen molar-refractivity contribution in [3.63, 3.8) is 0 Å². The molecular weight excluding hydrogens is 442 g/mol. The van der Waals surface area contributed by atoms with E-state index in [0.717, 1.165) is 19.3 Å². The van der Waals surface area contributed by atoms with Crippen LogP contribution in [0.15, 0.2) is 60.0 Å². The molecule has 0 saturated carbocycles. The molecule has 1 atom stereocenters. The summed E-state index contributed by atoms with van der Waals surface area (Å²) in [5, 5.41) is 2.80. The number of carbonyl (C=O) groups excluding carboxylic acids is 2. The summed E-state index contributed by atoms with van der Waals surface area (Å²) in [5.74, 6) is -0.0193. The minimum absolute atomic E-state index is 0.180. The van der Waals surface area contributed by atoms with Crippen molar-refractivity contribution in [2.75, 3.05) is 29.9 Å². The van der Waals surface area contributed by atoms with Crippen molar-refractivity contribution in [1.29, 1.82) is 0 Å². The number of nitrogens with zero attached hydrogens (tertiary/aromatic N) is 2. The van der Waals surface area contributed by atoms with Gasteiger partial charge in [0, 0.05) is 30.9 Å². The van der Waals surface area contributed by atoms with Gasteiger partial charge in [-0.3, -0.25) is 9.59 Å². The molecule has 4 rings (SSSR count). The number of nitrogens with one attached hydrogen (secondary N) is 1. The van der Waals surface area contributed by atoms with Gasteiger partial charge in [-0.25, -0.2) is 8.42 Å². The SMILES string of the molecule is C=CCN1C(=O)C(C)Oc2ccc(NC(=O)c3ccc(S(=O)(=O)N4CCCCC4)cc3)cc21. The zero-order chi connectivity index (χ0) is 23.6. The smallest absolute Gasteiger partial charge is 0.268 e. The first-order valence-electron chi connectivity index (χ1n) is 11.0. The molecular formula is C24H27N3O5S. The van der Waals surface area contributed by atoms with Gasteiger partial charge >= 0.3 is 0 Å². The van der Waals surface area contributed by atoms with Crippen LogP contribution in [0.4, 0.5) is 11.4 Å². The molecule has 1 saturated heterocycles. The monoisotopic (exact) mass is 469 g/mol. The molecule has 1 N–H and O–H groups in total. The van der Waals surface area contributed by atoms with Crippen molar-refractivity contribution in [2.45, 2.75) is 37.2 Å². The van der Waals surface area contributed by atoms with Crippen LogP contribution in [0.25, 0.3) is 0 Å². The van der Waals surface area contributed by atoms with Crippen LogP contribution in [-0.4, -0.2) is 50.3 Å². The molecule has 2 heterocycles. The minimum atomic E-state index is -3.55. The van der Waals surface area contributed by atoms with Crippen LogP contribution in [0.3, 0.4) is 0 Å². The zero-order valence-electron chi connectivity index (χ0n) is 18.5. The number of hydrogen-bond donors (Lipinski definition) is 1. The van der Waals surface area contributed by atoms with Gasteiger partial charge in [0.15, 0.2) is 6.10 Å². The lowest BCUT2D eigenvalue weighted by Crippen LogP contribution is -2.44. The molecule has 2 amide bonds. The highest BCUT2D eigenvalue weighted by Gasteiger charge is 2.31. The van der Waals surface area contributed by atoms with Gasteiger partial charge in [0.05, 0.1) is 10.6 Å². The van der Waals surface area contributed by atoms with Gasteiger partial charge in [0.25, 0.3) is 11.8 Å². The van der Waals surface area contributed by atoms with E-state index in [9.17, 15) is 18.0 Å². The predicted octanol–water partition coefficient (Wildman–Crippen LogP) is 3.41. The summed E-state index contributed by atoms with van der Waals surface area (Å²) in [4.78, 5) is 27.0. The van der Waals surface area contributed by atoms with Crippen molar-refractivity contribution >= 4 is 33.2 Å². The third kappa shape index (κ3) is 4.65. The average molecular weight is 470 g/mol. The molecule has 174 valence electrons. The number of anilines is 2. The van der Waals surface area contributed by atoms with Gasteiger partial charge in [0.2, 0.25) is 10.0 Å². The number of benzene rings is 2. The Bertz CT molecular complexity index is 1170. The Hall–Kier alpha value is -3.17. The Morgan fingerprint density at radius 1 is 1.15 bits per heavy atom. The number of ether oxygens (including phenoxy) is 1. The van der Waals surface area contributed by atoms with E-state index >= 15 is 0 Å². The summed E-state index contributed by atoms with van der Waals surface area (Å²) >= 11 is 0. The fourth-order valence-electron chi connectivity index (χ4n) is 4.04. The molecule has 8 nitrogen and oxygen atoms in total. The number of hydrogen-bond acceptors (Lipinski definition) is 5. The molecule has 0 bridgehead atoms. The third-order valence-electron chi connectivity index (χ3n) is 5.81. The van der Waals surface area contributed by atoms with Gasteiger partial charge in [-0.2, -0.15) is 4.31 Å². The van der Waals surface area contributed by atoms with Crippen molar-refractivity contribution in [1.82, 2.24) is 4.31 Å². The summed E-state index contributed by atoms with van der Waals surface area (Å²) in [6, 6.07) is 11.0. The topological polar surface area (TPSA) is 96.0 Å². The van der Waals surface area contributed by atoms with Gasteiger partial charge in [0.1, 0.15) is 5.75 Å². The number of fused-ring (bicyclic) bond motifs is 1. The number of sulfonamides is 1. The first kappa shape index (κ1) is 23.0. The second kappa shape index (κ2) is 9.36. The second-order valence-corrected chi connectivity index (χ2v) is 10.1. The quantitative estimate of drug-likeness (QED) is 0.654. The molecule has 0 spiro atoms. The van der Waals surface area contributed by atoms with E-state index in [4.69, 9.17) is 4.74 Å². The maximum Gasteiger partial charge on any atom is 0.268 e. The molecule has 2 aliphatic heterocycles. The summed E-state index contributed by atoms with van der Waals surface area (Å²) < 4.78 is 32.8. The summed E-state index contributed by atoms with van der Waals surface area (Å²) in [6.07, 6.45) is 3.79. The maximum absolute atomic E-state index is 12.8. The Labute approximate surface area is 193 Å². The lowest BCUT2D eigenvalue weighted by molar-refractivity contribution is -0.125. The molecule has 2 aromatic carbocycles. The highest BCUT2D eigenvalue weighted by Crippen LogP contribution is 2.36. The molecule has 2 aromatic rings. The number of rotatable bonds is 6. The Balaban J connectivity index is 1.51. The van der Waals surface area contributed by atoms with E-state index in [1.165, 1.54) is 28.6 Å². The molecule has 0 radical (unpaired) electrons. The standard InChI is InChI=1S/C24H27N3O5S/c1-3-13-27-21-16-19(9-12-22(21)32-17(2)24(27)29)25-23(28)18-7-10-20(11-8-18)33(30,31)26-14-5-4-6-15-26/h3,7-12,16-17H,1,4-6,13-15H2,2H3,(H,25,28). The van der Waals surface area contributed by atoms with Crippen molar-refractivity contribution in [3.05, 3.63) is 60.7 Å². The normalized spacial score (nSPS) is 18.9. The van der Waals surface area contributed by atoms with Gasteiger partial charge in [-0.15, -0.1) is 6.58 Å². The molecule has 1 fully saturated rings. The van der Waals surface area contributed by atoms with Gasteiger partial charge in [-0.05, 0) is 62.2 Å². The lowest BCUT2D eigenvalue weighted by Gasteiger charge is -2.32. The first-order chi connectivity index (χ1) is 15.8. The van der Waals surface area contributed by atoms with Crippen molar-refractivity contribution in [2.24, 2.45) is 0 Å². The van der Waals surface area contributed by atoms with Gasteiger partial charge in [-0.1, -0.05) is 12.5 Å². The van der Waals surface area contributed by atoms with E-state index < -0.39 is 16.1 Å². The maximum atomic E-state index is 12.8. The highest BCUT2D eigenvalue weighted by atomic mass is 32.2. The van der Waals surface area contributed by atoms with Crippen LogP contribution in [0.1, 0.15) is 36.5 Å². The molecule has 2 aliphatic rings. The lowest BCUT2D eigenvalue weighted by atomic mass is 10.1. The fourth-order valence-corrected chi connectivity index (χ4v) is 5.56. The van der Waals surface area contributed by atoms with Crippen molar-refractivity contribution in [3.8, 4) is 5.75 Å². The largest absolute Gasteiger partial charge is 0.479 e. The van der Waals surface area contributed by atoms with E-state index in [1.54, 1.807) is 36.1 Å². The van der Waals surface area contributed by atoms with E-state index in [-0.39, 0.29) is 16.7 Å². The highest BCUT2D eigenvalue weighted by molar-refractivity contribution is 7.89. The summed E-state index contributed by atoms with van der Waals surface area (Å²) in [7, 11) is -3.55. The van der Waals surface area contributed by atoms with Crippen LogP contribution >= 0.6 is 0 Å². The Kier molecular flexibility index (Phi) is 6.53. The fraction of sp³-hybridized carbons (Fsp3) is 0.333. The van der Waals surface area contributed by atoms with E-state index in [1.807, 2.05) is 0 Å². The first-order valence-corrected chi connectivity index (χ1v) is 12.4. The molecule has 1 unspecified atom stereocenters.